The van der Waals surface area contributed by atoms with Crippen LogP contribution < -0.4 is 0 Å². The number of methoxy groups -OCH3 is 2. The van der Waals surface area contributed by atoms with Gasteiger partial charge in [0.1, 0.15) is 12.2 Å². The summed E-state index contributed by atoms with van der Waals surface area (Å²) in [6.07, 6.45) is 2.04. The first-order valence-electron chi connectivity index (χ1n) is 8.30. The zero-order valence-electron chi connectivity index (χ0n) is 15.2. The van der Waals surface area contributed by atoms with Crippen LogP contribution in [0.4, 0.5) is 0 Å². The largest absolute Gasteiger partial charge is 0.382 e. The van der Waals surface area contributed by atoms with Crippen LogP contribution in [0.3, 0.4) is 0 Å². The molecule has 2 aliphatic heterocycles. The van der Waals surface area contributed by atoms with Gasteiger partial charge >= 0.3 is 0 Å². The van der Waals surface area contributed by atoms with Crippen molar-refractivity contribution in [2.24, 2.45) is 0 Å². The molecule has 2 fully saturated rings. The topological polar surface area (TPSA) is 43.5 Å². The molecular formula is C19H32O4. The van der Waals surface area contributed by atoms with Gasteiger partial charge in [-0.25, -0.2) is 0 Å². The van der Waals surface area contributed by atoms with E-state index in [-0.39, 0.29) is 0 Å². The molecule has 0 N–H and O–H groups in total. The minimum absolute atomic E-state index is 0.335. The second-order valence-electron chi connectivity index (χ2n) is 6.42. The number of hydrogen-bond acceptors (Lipinski definition) is 4. The highest BCUT2D eigenvalue weighted by Gasteiger charge is 2.21. The van der Waals surface area contributed by atoms with Crippen LogP contribution in [-0.4, -0.2) is 52.9 Å². The van der Waals surface area contributed by atoms with Crippen LogP contribution in [0, 0.1) is 0 Å². The second-order valence-corrected chi connectivity index (χ2v) is 6.42. The molecular weight excluding hydrogens is 292 g/mol. The molecule has 2 aliphatic rings. The quantitative estimate of drug-likeness (QED) is 0.752. The lowest BCUT2D eigenvalue weighted by Gasteiger charge is -2.22. The van der Waals surface area contributed by atoms with Gasteiger partial charge in [0.2, 0.25) is 0 Å². The fourth-order valence-corrected chi connectivity index (χ4v) is 1.79. The van der Waals surface area contributed by atoms with E-state index < -0.39 is 0 Å². The molecule has 1 aromatic carbocycles. The molecule has 3 rings (SSSR count). The van der Waals surface area contributed by atoms with Gasteiger partial charge < -0.3 is 18.9 Å². The van der Waals surface area contributed by atoms with Crippen molar-refractivity contribution < 1.29 is 18.9 Å². The molecule has 4 heteroatoms. The Morgan fingerprint density at radius 3 is 1.65 bits per heavy atom. The Morgan fingerprint density at radius 1 is 0.957 bits per heavy atom. The van der Waals surface area contributed by atoms with E-state index in [1.165, 1.54) is 12.0 Å². The first kappa shape index (κ1) is 20.1. The van der Waals surface area contributed by atoms with Gasteiger partial charge in [0, 0.05) is 14.2 Å². The van der Waals surface area contributed by atoms with Crippen molar-refractivity contribution in [1.82, 2.24) is 0 Å². The molecule has 0 bridgehead atoms. The molecule has 23 heavy (non-hydrogen) atoms. The van der Waals surface area contributed by atoms with Gasteiger partial charge in [-0.3, -0.25) is 0 Å². The molecule has 132 valence electrons. The molecule has 1 aromatic rings. The van der Waals surface area contributed by atoms with E-state index in [1.807, 2.05) is 0 Å². The maximum absolute atomic E-state index is 4.82. The van der Waals surface area contributed by atoms with Gasteiger partial charge in [0.25, 0.3) is 0 Å². The standard InChI is InChI=1S/C11H16.2C4H8O2/c1-4-11(2,3)10-8-6-5-7-9-10;2*1-5-2-4-3-6-4/h5-9H,4H2,1-3H3;2*4H,2-3H2,1H3. The molecule has 2 saturated heterocycles. The number of benzene rings is 1. The highest BCUT2D eigenvalue weighted by atomic mass is 16.6. The maximum Gasteiger partial charge on any atom is 0.104 e. The Kier molecular flexibility index (Phi) is 9.41. The van der Waals surface area contributed by atoms with Crippen LogP contribution in [-0.2, 0) is 24.4 Å². The van der Waals surface area contributed by atoms with Crippen LogP contribution in [0.15, 0.2) is 30.3 Å². The van der Waals surface area contributed by atoms with Crippen LogP contribution in [0.25, 0.3) is 0 Å². The summed E-state index contributed by atoms with van der Waals surface area (Å²) in [5, 5.41) is 0. The minimum Gasteiger partial charge on any atom is -0.382 e. The van der Waals surface area contributed by atoms with Gasteiger partial charge in [-0.05, 0) is 17.4 Å². The van der Waals surface area contributed by atoms with Crippen molar-refractivity contribution >= 4 is 0 Å². The Morgan fingerprint density at radius 2 is 1.39 bits per heavy atom. The fraction of sp³-hybridized carbons (Fsp3) is 0.684. The molecule has 0 saturated carbocycles. The SMILES string of the molecule is CCC(C)(C)c1ccccc1.COCC1CO1.COCC1CO1. The zero-order valence-corrected chi connectivity index (χ0v) is 15.2. The van der Waals surface area contributed by atoms with Gasteiger partial charge in [-0.1, -0.05) is 51.1 Å². The monoisotopic (exact) mass is 324 g/mol. The van der Waals surface area contributed by atoms with E-state index in [2.05, 4.69) is 51.1 Å². The van der Waals surface area contributed by atoms with E-state index in [0.29, 0.717) is 17.6 Å². The van der Waals surface area contributed by atoms with Crippen molar-refractivity contribution in [2.75, 3.05) is 40.6 Å². The third kappa shape index (κ3) is 9.72. The predicted octanol–water partition coefficient (Wildman–Crippen LogP) is 3.44. The summed E-state index contributed by atoms with van der Waals surface area (Å²) in [5.41, 5.74) is 1.77. The maximum atomic E-state index is 4.82. The Balaban J connectivity index is 0.000000187. The smallest absolute Gasteiger partial charge is 0.104 e. The summed E-state index contributed by atoms with van der Waals surface area (Å²) in [7, 11) is 3.36. The van der Waals surface area contributed by atoms with Crippen LogP contribution in [0.5, 0.6) is 0 Å². The average Bonchev–Trinajstić information content (AvgIpc) is 3.46. The minimum atomic E-state index is 0.335. The van der Waals surface area contributed by atoms with Crippen molar-refractivity contribution in [2.45, 2.75) is 44.8 Å². The van der Waals surface area contributed by atoms with Crippen LogP contribution in [0.1, 0.15) is 32.8 Å². The number of hydrogen-bond donors (Lipinski definition) is 0. The van der Waals surface area contributed by atoms with Gasteiger partial charge in [-0.2, -0.15) is 0 Å². The molecule has 0 aromatic heterocycles. The summed E-state index contributed by atoms with van der Waals surface area (Å²) in [5.74, 6) is 0. The Hall–Kier alpha value is -0.940. The van der Waals surface area contributed by atoms with Crippen molar-refractivity contribution in [3.05, 3.63) is 35.9 Å². The molecule has 0 radical (unpaired) electrons. The highest BCUT2D eigenvalue weighted by molar-refractivity contribution is 5.22. The lowest BCUT2D eigenvalue weighted by atomic mass is 9.82. The van der Waals surface area contributed by atoms with E-state index in [0.717, 1.165) is 26.4 Å². The Bertz CT molecular complexity index is 383. The van der Waals surface area contributed by atoms with Crippen molar-refractivity contribution in [3.63, 3.8) is 0 Å². The molecule has 0 spiro atoms. The molecule has 2 heterocycles. The third-order valence-corrected chi connectivity index (χ3v) is 3.95. The van der Waals surface area contributed by atoms with E-state index >= 15 is 0 Å². The molecule has 0 aliphatic carbocycles. The van der Waals surface area contributed by atoms with Crippen LogP contribution in [0.2, 0.25) is 0 Å². The summed E-state index contributed by atoms with van der Waals surface area (Å²) < 4.78 is 19.1. The fourth-order valence-electron chi connectivity index (χ4n) is 1.79. The summed E-state index contributed by atoms with van der Waals surface area (Å²) in [6.45, 7) is 10.1. The summed E-state index contributed by atoms with van der Waals surface area (Å²) >= 11 is 0. The van der Waals surface area contributed by atoms with Gasteiger partial charge in [0.15, 0.2) is 0 Å². The Labute approximate surface area is 141 Å². The highest BCUT2D eigenvalue weighted by Crippen LogP contribution is 2.25. The normalized spacial score (nSPS) is 21.4. The molecule has 2 atom stereocenters. The summed E-state index contributed by atoms with van der Waals surface area (Å²) in [4.78, 5) is 0. The van der Waals surface area contributed by atoms with Gasteiger partial charge in [0.05, 0.1) is 26.4 Å². The third-order valence-electron chi connectivity index (χ3n) is 3.95. The lowest BCUT2D eigenvalue weighted by molar-refractivity contribution is 0.171. The summed E-state index contributed by atoms with van der Waals surface area (Å²) in [6, 6.07) is 10.7. The van der Waals surface area contributed by atoms with Crippen molar-refractivity contribution in [1.29, 1.82) is 0 Å². The molecule has 4 nitrogen and oxygen atoms in total. The predicted molar refractivity (Wildman–Crippen MR) is 93.0 cm³/mol. The molecule has 2 unspecified atom stereocenters. The van der Waals surface area contributed by atoms with E-state index in [1.54, 1.807) is 14.2 Å². The lowest BCUT2D eigenvalue weighted by Crippen LogP contribution is -2.14. The first-order chi connectivity index (χ1) is 11.0. The number of ether oxygens (including phenoxy) is 4. The first-order valence-corrected chi connectivity index (χ1v) is 8.30. The van der Waals surface area contributed by atoms with Crippen molar-refractivity contribution in [3.8, 4) is 0 Å². The van der Waals surface area contributed by atoms with Gasteiger partial charge in [-0.15, -0.1) is 0 Å². The van der Waals surface area contributed by atoms with E-state index in [4.69, 9.17) is 18.9 Å². The van der Waals surface area contributed by atoms with Crippen LogP contribution >= 0.6 is 0 Å². The zero-order chi connectivity index (χ0) is 17.1. The number of epoxide rings is 2. The van der Waals surface area contributed by atoms with E-state index in [9.17, 15) is 0 Å². The second kappa shape index (κ2) is 10.8. The average molecular weight is 324 g/mol. The number of rotatable bonds is 6. The molecule has 0 amide bonds.